The molecular formula is C13H17F2N3O3S. The topological polar surface area (TPSA) is 60.9 Å². The van der Waals surface area contributed by atoms with E-state index in [9.17, 15) is 22.0 Å². The molecule has 22 heavy (non-hydrogen) atoms. The Kier molecular flexibility index (Phi) is 4.78. The largest absolute Gasteiger partial charge is 0.336 e. The van der Waals surface area contributed by atoms with Crippen LogP contribution in [0.25, 0.3) is 0 Å². The van der Waals surface area contributed by atoms with Crippen LogP contribution in [0.1, 0.15) is 10.4 Å². The molecule has 1 heterocycles. The summed E-state index contributed by atoms with van der Waals surface area (Å²) in [6, 6.07) is 2.96. The van der Waals surface area contributed by atoms with E-state index in [1.54, 1.807) is 0 Å². The zero-order valence-corrected chi connectivity index (χ0v) is 13.1. The van der Waals surface area contributed by atoms with Crippen molar-refractivity contribution < 1.29 is 22.0 Å². The lowest BCUT2D eigenvalue weighted by Gasteiger charge is -2.35. The first-order chi connectivity index (χ1) is 10.2. The molecule has 6 nitrogen and oxygen atoms in total. The maximum Gasteiger partial charge on any atom is 0.281 e. The number of nitrogens with zero attached hydrogens (tertiary/aromatic N) is 3. The van der Waals surface area contributed by atoms with E-state index >= 15 is 0 Å². The fourth-order valence-corrected chi connectivity index (χ4v) is 3.25. The Morgan fingerprint density at radius 3 is 2.18 bits per heavy atom. The van der Waals surface area contributed by atoms with Crippen molar-refractivity contribution in [2.24, 2.45) is 0 Å². The molecule has 0 saturated carbocycles. The van der Waals surface area contributed by atoms with E-state index in [-0.39, 0.29) is 31.7 Å². The number of hydrogen-bond acceptors (Lipinski definition) is 3. The Balaban J connectivity index is 2.05. The first-order valence-corrected chi connectivity index (χ1v) is 8.05. The molecule has 1 aliphatic rings. The van der Waals surface area contributed by atoms with Crippen molar-refractivity contribution in [3.05, 3.63) is 35.4 Å². The molecule has 1 aliphatic heterocycles. The van der Waals surface area contributed by atoms with Gasteiger partial charge in [0.1, 0.15) is 0 Å². The van der Waals surface area contributed by atoms with Crippen LogP contribution in [-0.4, -0.2) is 68.1 Å². The average molecular weight is 333 g/mol. The van der Waals surface area contributed by atoms with Gasteiger partial charge in [-0.3, -0.25) is 4.79 Å². The molecular weight excluding hydrogens is 316 g/mol. The van der Waals surface area contributed by atoms with Crippen LogP contribution in [-0.2, 0) is 10.2 Å². The maximum atomic E-state index is 13.2. The monoisotopic (exact) mass is 333 g/mol. The molecule has 0 radical (unpaired) electrons. The van der Waals surface area contributed by atoms with E-state index in [1.165, 1.54) is 29.4 Å². The lowest BCUT2D eigenvalue weighted by atomic mass is 10.1. The van der Waals surface area contributed by atoms with Crippen LogP contribution in [0.3, 0.4) is 0 Å². The number of carbonyl (C=O) groups excluding carboxylic acids is 1. The minimum atomic E-state index is -3.51. The molecule has 0 bridgehead atoms. The molecule has 0 aromatic heterocycles. The predicted molar refractivity (Wildman–Crippen MR) is 76.4 cm³/mol. The molecule has 1 amide bonds. The number of amides is 1. The summed E-state index contributed by atoms with van der Waals surface area (Å²) in [7, 11) is -0.630. The molecule has 0 unspecified atom stereocenters. The fourth-order valence-electron chi connectivity index (χ4n) is 2.16. The smallest absolute Gasteiger partial charge is 0.281 e. The maximum absolute atomic E-state index is 13.2. The fraction of sp³-hybridized carbons (Fsp3) is 0.462. The first kappa shape index (κ1) is 16.8. The van der Waals surface area contributed by atoms with Gasteiger partial charge < -0.3 is 4.90 Å². The third-order valence-electron chi connectivity index (χ3n) is 3.48. The molecule has 1 aromatic carbocycles. The number of hydrogen-bond donors (Lipinski definition) is 0. The van der Waals surface area contributed by atoms with Crippen molar-refractivity contribution in [3.63, 3.8) is 0 Å². The summed E-state index contributed by atoms with van der Waals surface area (Å²) >= 11 is 0. The van der Waals surface area contributed by atoms with Crippen LogP contribution < -0.4 is 0 Å². The normalized spacial score (nSPS) is 17.0. The van der Waals surface area contributed by atoms with Gasteiger partial charge in [-0.05, 0) is 18.2 Å². The Morgan fingerprint density at radius 2 is 1.68 bits per heavy atom. The van der Waals surface area contributed by atoms with E-state index in [0.29, 0.717) is 0 Å². The lowest BCUT2D eigenvalue weighted by Crippen LogP contribution is -2.53. The van der Waals surface area contributed by atoms with Crippen molar-refractivity contribution >= 4 is 16.1 Å². The van der Waals surface area contributed by atoms with Crippen LogP contribution in [0, 0.1) is 11.6 Å². The number of rotatable bonds is 3. The first-order valence-electron chi connectivity index (χ1n) is 6.65. The Bertz CT molecular complexity index is 671. The highest BCUT2D eigenvalue weighted by atomic mass is 32.2. The van der Waals surface area contributed by atoms with Gasteiger partial charge in [0.15, 0.2) is 11.6 Å². The van der Waals surface area contributed by atoms with Crippen LogP contribution in [0.4, 0.5) is 8.78 Å². The van der Waals surface area contributed by atoms with Gasteiger partial charge in [0.2, 0.25) is 0 Å². The van der Waals surface area contributed by atoms with Gasteiger partial charge in [-0.2, -0.15) is 17.0 Å². The Morgan fingerprint density at radius 1 is 1.09 bits per heavy atom. The molecule has 9 heteroatoms. The minimum absolute atomic E-state index is 0.0443. The van der Waals surface area contributed by atoms with Gasteiger partial charge in [-0.1, -0.05) is 0 Å². The second-order valence-corrected chi connectivity index (χ2v) is 7.25. The van der Waals surface area contributed by atoms with E-state index in [1.807, 2.05) is 0 Å². The van der Waals surface area contributed by atoms with Gasteiger partial charge in [0.05, 0.1) is 0 Å². The molecule has 0 aliphatic carbocycles. The van der Waals surface area contributed by atoms with Gasteiger partial charge in [-0.25, -0.2) is 8.78 Å². The van der Waals surface area contributed by atoms with Gasteiger partial charge in [0, 0.05) is 45.8 Å². The third kappa shape index (κ3) is 3.26. The highest BCUT2D eigenvalue weighted by molar-refractivity contribution is 7.86. The van der Waals surface area contributed by atoms with Crippen LogP contribution in [0.15, 0.2) is 18.2 Å². The predicted octanol–water partition coefficient (Wildman–Crippen LogP) is 0.529. The van der Waals surface area contributed by atoms with Crippen LogP contribution >= 0.6 is 0 Å². The molecule has 122 valence electrons. The van der Waals surface area contributed by atoms with Gasteiger partial charge >= 0.3 is 0 Å². The number of benzene rings is 1. The molecule has 1 aromatic rings. The van der Waals surface area contributed by atoms with Gasteiger partial charge in [-0.15, -0.1) is 0 Å². The van der Waals surface area contributed by atoms with E-state index in [0.717, 1.165) is 16.4 Å². The number of piperazine rings is 1. The quantitative estimate of drug-likeness (QED) is 0.811. The SMILES string of the molecule is CN(C)S(=O)(=O)N1CCN(C(=O)c2ccc(F)c(F)c2)CC1. The Labute approximate surface area is 128 Å². The highest BCUT2D eigenvalue weighted by Crippen LogP contribution is 2.14. The summed E-state index contributed by atoms with van der Waals surface area (Å²) in [5.74, 6) is -2.54. The molecule has 1 fully saturated rings. The lowest BCUT2D eigenvalue weighted by molar-refractivity contribution is 0.0694. The summed E-state index contributed by atoms with van der Waals surface area (Å²) in [5.41, 5.74) is 0.0443. The summed E-state index contributed by atoms with van der Waals surface area (Å²) in [5, 5.41) is 0. The molecule has 0 N–H and O–H groups in total. The van der Waals surface area contributed by atoms with Crippen LogP contribution in [0.2, 0.25) is 0 Å². The molecule has 0 spiro atoms. The summed E-state index contributed by atoms with van der Waals surface area (Å²) in [6.45, 7) is 0.724. The minimum Gasteiger partial charge on any atom is -0.336 e. The van der Waals surface area contributed by atoms with E-state index in [2.05, 4.69) is 0 Å². The zero-order chi connectivity index (χ0) is 16.5. The van der Waals surface area contributed by atoms with Crippen molar-refractivity contribution in [1.29, 1.82) is 0 Å². The number of carbonyl (C=O) groups is 1. The summed E-state index contributed by atoms with van der Waals surface area (Å²) < 4.78 is 52.4. The third-order valence-corrected chi connectivity index (χ3v) is 5.42. The van der Waals surface area contributed by atoms with Crippen molar-refractivity contribution in [3.8, 4) is 0 Å². The summed E-state index contributed by atoms with van der Waals surface area (Å²) in [4.78, 5) is 13.6. The zero-order valence-electron chi connectivity index (χ0n) is 12.3. The van der Waals surface area contributed by atoms with Crippen molar-refractivity contribution in [2.75, 3.05) is 40.3 Å². The average Bonchev–Trinajstić information content (AvgIpc) is 2.49. The van der Waals surface area contributed by atoms with E-state index < -0.39 is 27.8 Å². The standard InChI is InChI=1S/C13H17F2N3O3S/c1-16(2)22(20,21)18-7-5-17(6-8-18)13(19)10-3-4-11(14)12(15)9-10/h3-4,9H,5-8H2,1-2H3. The molecule has 2 rings (SSSR count). The van der Waals surface area contributed by atoms with Crippen LogP contribution in [0.5, 0.6) is 0 Å². The molecule has 1 saturated heterocycles. The van der Waals surface area contributed by atoms with Crippen molar-refractivity contribution in [1.82, 2.24) is 13.5 Å². The second kappa shape index (κ2) is 6.27. The van der Waals surface area contributed by atoms with E-state index in [4.69, 9.17) is 0 Å². The second-order valence-electron chi connectivity index (χ2n) is 5.11. The Hall–Kier alpha value is -1.58. The molecule has 0 atom stereocenters. The van der Waals surface area contributed by atoms with Gasteiger partial charge in [0.25, 0.3) is 16.1 Å². The highest BCUT2D eigenvalue weighted by Gasteiger charge is 2.30. The summed E-state index contributed by atoms with van der Waals surface area (Å²) in [6.07, 6.45) is 0. The van der Waals surface area contributed by atoms with Crippen molar-refractivity contribution in [2.45, 2.75) is 0 Å². The number of halogens is 2.